The Morgan fingerprint density at radius 2 is 1.88 bits per heavy atom. The third kappa shape index (κ3) is 1.62. The topological polar surface area (TPSA) is 42.2 Å². The average molecular weight is 227 g/mol. The molecule has 1 saturated heterocycles. The molecule has 2 heterocycles. The molecule has 1 aromatic carbocycles. The van der Waals surface area contributed by atoms with E-state index in [1.165, 1.54) is 18.2 Å². The molecule has 3 rings (SSSR count). The van der Waals surface area contributed by atoms with Crippen LogP contribution in [0.4, 0.5) is 11.5 Å². The summed E-state index contributed by atoms with van der Waals surface area (Å²) in [7, 11) is 0. The lowest BCUT2D eigenvalue weighted by molar-refractivity contribution is 0.946. The van der Waals surface area contributed by atoms with Gasteiger partial charge in [0.15, 0.2) is 0 Å². The number of benzene rings is 1. The van der Waals surface area contributed by atoms with Crippen LogP contribution in [0.3, 0.4) is 0 Å². The van der Waals surface area contributed by atoms with Crippen LogP contribution in [-0.4, -0.2) is 18.1 Å². The van der Waals surface area contributed by atoms with Crippen LogP contribution in [0.15, 0.2) is 24.4 Å². The van der Waals surface area contributed by atoms with Gasteiger partial charge in [-0.2, -0.15) is 0 Å². The van der Waals surface area contributed by atoms with Crippen LogP contribution in [0.1, 0.15) is 18.4 Å². The first kappa shape index (κ1) is 10.4. The number of nitrogens with two attached hydrogens (primary N) is 1. The molecule has 3 nitrogen and oxygen atoms in total. The van der Waals surface area contributed by atoms with E-state index in [1.807, 2.05) is 19.2 Å². The van der Waals surface area contributed by atoms with Gasteiger partial charge < -0.3 is 10.6 Å². The van der Waals surface area contributed by atoms with Gasteiger partial charge in [-0.15, -0.1) is 0 Å². The zero-order valence-electron chi connectivity index (χ0n) is 10.1. The van der Waals surface area contributed by atoms with Crippen molar-refractivity contribution in [2.24, 2.45) is 0 Å². The van der Waals surface area contributed by atoms with Gasteiger partial charge in [-0.3, -0.25) is 0 Å². The largest absolute Gasteiger partial charge is 0.398 e. The molecular weight excluding hydrogens is 210 g/mol. The minimum Gasteiger partial charge on any atom is -0.398 e. The first-order chi connectivity index (χ1) is 8.27. The van der Waals surface area contributed by atoms with Crippen molar-refractivity contribution in [3.63, 3.8) is 0 Å². The number of nitrogen functional groups attached to an aromatic ring is 1. The Morgan fingerprint density at radius 3 is 2.65 bits per heavy atom. The Kier molecular flexibility index (Phi) is 2.39. The van der Waals surface area contributed by atoms with Crippen LogP contribution >= 0.6 is 0 Å². The van der Waals surface area contributed by atoms with E-state index >= 15 is 0 Å². The Labute approximate surface area is 101 Å². The van der Waals surface area contributed by atoms with Gasteiger partial charge in [0.25, 0.3) is 0 Å². The Balaban J connectivity index is 2.22. The number of aryl methyl sites for hydroxylation is 1. The van der Waals surface area contributed by atoms with Gasteiger partial charge in [0, 0.05) is 35.7 Å². The fourth-order valence-corrected chi connectivity index (χ4v) is 2.55. The third-order valence-electron chi connectivity index (χ3n) is 3.59. The highest BCUT2D eigenvalue weighted by atomic mass is 15.2. The van der Waals surface area contributed by atoms with Crippen LogP contribution in [0, 0.1) is 6.92 Å². The molecule has 0 atom stereocenters. The molecule has 17 heavy (non-hydrogen) atoms. The summed E-state index contributed by atoms with van der Waals surface area (Å²) in [5.41, 5.74) is 8.15. The van der Waals surface area contributed by atoms with E-state index in [2.05, 4.69) is 22.0 Å². The van der Waals surface area contributed by atoms with Gasteiger partial charge in [0.1, 0.15) is 5.82 Å². The second-order valence-corrected chi connectivity index (χ2v) is 4.72. The van der Waals surface area contributed by atoms with E-state index in [0.29, 0.717) is 0 Å². The number of aromatic nitrogens is 1. The number of anilines is 2. The number of hydrogen-bond donors (Lipinski definition) is 1. The van der Waals surface area contributed by atoms with Gasteiger partial charge in [0.2, 0.25) is 0 Å². The van der Waals surface area contributed by atoms with E-state index in [0.717, 1.165) is 35.5 Å². The Bertz CT molecular complexity index is 557. The van der Waals surface area contributed by atoms with Crippen molar-refractivity contribution in [1.82, 2.24) is 4.98 Å². The van der Waals surface area contributed by atoms with Gasteiger partial charge in [0.05, 0.1) is 0 Å². The maximum atomic E-state index is 6.14. The van der Waals surface area contributed by atoms with Crippen molar-refractivity contribution in [2.45, 2.75) is 19.8 Å². The van der Waals surface area contributed by atoms with E-state index < -0.39 is 0 Å². The zero-order chi connectivity index (χ0) is 11.8. The van der Waals surface area contributed by atoms with E-state index in [-0.39, 0.29) is 0 Å². The predicted octanol–water partition coefficient (Wildman–Crippen LogP) is 2.73. The van der Waals surface area contributed by atoms with Crippen molar-refractivity contribution in [3.05, 3.63) is 30.0 Å². The van der Waals surface area contributed by atoms with E-state index in [1.54, 1.807) is 0 Å². The minimum absolute atomic E-state index is 0.880. The number of fused-ring (bicyclic) bond motifs is 1. The summed E-state index contributed by atoms with van der Waals surface area (Å²) in [4.78, 5) is 6.89. The van der Waals surface area contributed by atoms with Crippen LogP contribution in [0.5, 0.6) is 0 Å². The summed E-state index contributed by atoms with van der Waals surface area (Å²) in [5.74, 6) is 1.09. The molecule has 0 spiro atoms. The summed E-state index contributed by atoms with van der Waals surface area (Å²) in [6.07, 6.45) is 4.39. The molecule has 2 aromatic rings. The molecule has 1 fully saturated rings. The molecule has 0 saturated carbocycles. The number of hydrogen-bond acceptors (Lipinski definition) is 3. The molecule has 0 radical (unpaired) electrons. The normalized spacial score (nSPS) is 15.7. The number of nitrogens with zero attached hydrogens (tertiary/aromatic N) is 2. The highest BCUT2D eigenvalue weighted by Crippen LogP contribution is 2.31. The van der Waals surface area contributed by atoms with Gasteiger partial charge >= 0.3 is 0 Å². The summed E-state index contributed by atoms with van der Waals surface area (Å²) in [6.45, 7) is 4.27. The molecule has 0 bridgehead atoms. The molecule has 1 aliphatic heterocycles. The summed E-state index contributed by atoms with van der Waals surface area (Å²) in [6, 6.07) is 6.23. The minimum atomic E-state index is 0.880. The molecule has 2 N–H and O–H groups in total. The van der Waals surface area contributed by atoms with Crippen molar-refractivity contribution < 1.29 is 0 Å². The van der Waals surface area contributed by atoms with E-state index in [9.17, 15) is 0 Å². The second kappa shape index (κ2) is 3.91. The molecule has 3 heteroatoms. The zero-order valence-corrected chi connectivity index (χ0v) is 10.1. The Morgan fingerprint density at radius 1 is 1.12 bits per heavy atom. The maximum absolute atomic E-state index is 6.14. The first-order valence-corrected chi connectivity index (χ1v) is 6.16. The number of pyridine rings is 1. The summed E-state index contributed by atoms with van der Waals surface area (Å²) in [5, 5.41) is 2.31. The second-order valence-electron chi connectivity index (χ2n) is 4.72. The van der Waals surface area contributed by atoms with E-state index in [4.69, 9.17) is 5.73 Å². The fourth-order valence-electron chi connectivity index (χ4n) is 2.55. The van der Waals surface area contributed by atoms with Crippen LogP contribution in [0.25, 0.3) is 10.8 Å². The highest BCUT2D eigenvalue weighted by molar-refractivity contribution is 6.00. The SMILES string of the molecule is Cc1ccc2c(N3CCCC3)nccc2c1N. The van der Waals surface area contributed by atoms with Crippen LogP contribution in [-0.2, 0) is 0 Å². The smallest absolute Gasteiger partial charge is 0.136 e. The molecule has 0 amide bonds. The lowest BCUT2D eigenvalue weighted by atomic mass is 10.1. The number of rotatable bonds is 1. The third-order valence-corrected chi connectivity index (χ3v) is 3.59. The van der Waals surface area contributed by atoms with Gasteiger partial charge in [-0.25, -0.2) is 4.98 Å². The Hall–Kier alpha value is -1.77. The maximum Gasteiger partial charge on any atom is 0.136 e. The molecule has 88 valence electrons. The molecule has 0 aliphatic carbocycles. The van der Waals surface area contributed by atoms with Crippen molar-refractivity contribution >= 4 is 22.3 Å². The summed E-state index contributed by atoms with van der Waals surface area (Å²) < 4.78 is 0. The lowest BCUT2D eigenvalue weighted by Crippen LogP contribution is -2.19. The first-order valence-electron chi connectivity index (χ1n) is 6.16. The summed E-state index contributed by atoms with van der Waals surface area (Å²) >= 11 is 0. The quantitative estimate of drug-likeness (QED) is 0.762. The lowest BCUT2D eigenvalue weighted by Gasteiger charge is -2.19. The monoisotopic (exact) mass is 227 g/mol. The van der Waals surface area contributed by atoms with Crippen LogP contribution < -0.4 is 10.6 Å². The fraction of sp³-hybridized carbons (Fsp3) is 0.357. The predicted molar refractivity (Wildman–Crippen MR) is 72.3 cm³/mol. The van der Waals surface area contributed by atoms with Crippen molar-refractivity contribution in [3.8, 4) is 0 Å². The van der Waals surface area contributed by atoms with Crippen LogP contribution in [0.2, 0.25) is 0 Å². The average Bonchev–Trinajstić information content (AvgIpc) is 2.87. The standard InChI is InChI=1S/C14H17N3/c1-10-4-5-12-11(13(10)15)6-7-16-14(12)17-8-2-3-9-17/h4-7H,2-3,8-9,15H2,1H3. The van der Waals surface area contributed by atoms with Gasteiger partial charge in [-0.1, -0.05) is 12.1 Å². The molecule has 1 aliphatic rings. The van der Waals surface area contributed by atoms with Crippen molar-refractivity contribution in [1.29, 1.82) is 0 Å². The highest BCUT2D eigenvalue weighted by Gasteiger charge is 2.16. The molecule has 0 unspecified atom stereocenters. The molecule has 1 aromatic heterocycles. The molecular formula is C14H17N3. The van der Waals surface area contributed by atoms with Gasteiger partial charge in [-0.05, 0) is 31.4 Å². The van der Waals surface area contributed by atoms with Crippen molar-refractivity contribution in [2.75, 3.05) is 23.7 Å².